The molecule has 0 rings (SSSR count). The van der Waals surface area contributed by atoms with Crippen molar-refractivity contribution in [1.29, 1.82) is 0 Å². The van der Waals surface area contributed by atoms with Crippen molar-refractivity contribution in [2.75, 3.05) is 0 Å². The summed E-state index contributed by atoms with van der Waals surface area (Å²) in [4.78, 5) is 10.5. The van der Waals surface area contributed by atoms with Gasteiger partial charge in [0, 0.05) is 6.08 Å². The highest BCUT2D eigenvalue weighted by Crippen LogP contribution is 2.38. The maximum absolute atomic E-state index is 10.8. The molecule has 2 unspecified atom stereocenters. The van der Waals surface area contributed by atoms with Gasteiger partial charge in [-0.05, 0) is 43.8 Å². The fourth-order valence-corrected chi connectivity index (χ4v) is 4.34. The van der Waals surface area contributed by atoms with Gasteiger partial charge in [-0.3, -0.25) is 0 Å². The summed E-state index contributed by atoms with van der Waals surface area (Å²) in [6.07, 6.45) is 16.6. The third-order valence-corrected chi connectivity index (χ3v) is 10.4. The highest BCUT2D eigenvalue weighted by atomic mass is 28.4. The number of hydrogen-bond acceptors (Lipinski definition) is 3. The zero-order valence-electron chi connectivity index (χ0n) is 19.7. The molecule has 0 saturated carbocycles. The lowest BCUT2D eigenvalue weighted by Gasteiger charge is -2.40. The van der Waals surface area contributed by atoms with Gasteiger partial charge in [-0.2, -0.15) is 0 Å². The monoisotopic (exact) mass is 426 g/mol. The average Bonchev–Trinajstić information content (AvgIpc) is 2.61. The van der Waals surface area contributed by atoms with Crippen LogP contribution in [0.3, 0.4) is 0 Å². The Bertz CT molecular complexity index is 492. The molecule has 4 nitrogen and oxygen atoms in total. The third kappa shape index (κ3) is 13.8. The third-order valence-electron chi connectivity index (χ3n) is 5.88. The van der Waals surface area contributed by atoms with Gasteiger partial charge in [-0.25, -0.2) is 4.79 Å². The van der Waals surface area contributed by atoms with Gasteiger partial charge in [-0.15, -0.1) is 0 Å². The first-order valence-electron chi connectivity index (χ1n) is 11.4. The molecule has 0 aliphatic rings. The summed E-state index contributed by atoms with van der Waals surface area (Å²) >= 11 is 0. The molecule has 2 atom stereocenters. The van der Waals surface area contributed by atoms with Crippen LogP contribution in [0.2, 0.25) is 18.1 Å². The van der Waals surface area contributed by atoms with Gasteiger partial charge >= 0.3 is 5.97 Å². The molecular formula is C24H46O4Si. The molecule has 0 aromatic carbocycles. The fourth-order valence-electron chi connectivity index (χ4n) is 2.95. The predicted octanol–water partition coefficient (Wildman–Crippen LogP) is 6.86. The first kappa shape index (κ1) is 28.1. The second kappa shape index (κ2) is 15.0. The lowest BCUT2D eigenvalue weighted by Crippen LogP contribution is -2.47. The molecule has 0 aromatic rings. The fraction of sp³-hybridized carbons (Fsp3) is 0.792. The molecule has 170 valence electrons. The molecule has 0 bridgehead atoms. The van der Waals surface area contributed by atoms with E-state index in [2.05, 4.69) is 40.8 Å². The first-order valence-corrected chi connectivity index (χ1v) is 14.3. The van der Waals surface area contributed by atoms with E-state index in [1.54, 1.807) is 12.2 Å². The van der Waals surface area contributed by atoms with Crippen molar-refractivity contribution in [3.05, 3.63) is 24.3 Å². The second-order valence-electron chi connectivity index (χ2n) is 9.60. The summed E-state index contributed by atoms with van der Waals surface area (Å²) in [5.41, 5.74) is 0. The number of carboxylic acid groups (broad SMARTS) is 1. The molecule has 29 heavy (non-hydrogen) atoms. The van der Waals surface area contributed by atoms with Crippen LogP contribution >= 0.6 is 0 Å². The molecule has 0 aromatic heterocycles. The summed E-state index contributed by atoms with van der Waals surface area (Å²) in [5.74, 6) is -0.935. The number of rotatable bonds is 16. The van der Waals surface area contributed by atoms with E-state index in [1.165, 1.54) is 32.1 Å². The van der Waals surface area contributed by atoms with Gasteiger partial charge in [-0.1, -0.05) is 84.4 Å². The standard InChI is InChI=1S/C24H46O4Si/c1-7-8-9-10-12-15-18-21(25)22(28-29(5,6)24(2,3)4)19-16-13-11-14-17-20-23(26)27/h11,14,17,20-22,25H,7-10,12-13,15-16,18-19H2,1-6H3,(H,26,27). The zero-order chi connectivity index (χ0) is 22.3. The van der Waals surface area contributed by atoms with Crippen molar-refractivity contribution >= 4 is 14.3 Å². The quantitative estimate of drug-likeness (QED) is 0.122. The van der Waals surface area contributed by atoms with Crippen molar-refractivity contribution in [3.8, 4) is 0 Å². The Morgan fingerprint density at radius 2 is 1.62 bits per heavy atom. The molecule has 0 aliphatic heterocycles. The average molecular weight is 427 g/mol. The lowest BCUT2D eigenvalue weighted by molar-refractivity contribution is -0.131. The van der Waals surface area contributed by atoms with E-state index in [9.17, 15) is 9.90 Å². The molecule has 0 amide bonds. The van der Waals surface area contributed by atoms with E-state index in [1.807, 2.05) is 6.08 Å². The minimum atomic E-state index is -1.94. The van der Waals surface area contributed by atoms with Crippen molar-refractivity contribution in [1.82, 2.24) is 0 Å². The lowest BCUT2D eigenvalue weighted by atomic mass is 10.0. The summed E-state index contributed by atoms with van der Waals surface area (Å²) in [5, 5.41) is 19.6. The van der Waals surface area contributed by atoms with Crippen molar-refractivity contribution < 1.29 is 19.4 Å². The molecule has 2 N–H and O–H groups in total. The maximum Gasteiger partial charge on any atom is 0.328 e. The van der Waals surface area contributed by atoms with E-state index in [0.29, 0.717) is 0 Å². The van der Waals surface area contributed by atoms with E-state index in [0.717, 1.165) is 38.2 Å². The molecule has 0 aliphatic carbocycles. The van der Waals surface area contributed by atoms with Crippen molar-refractivity contribution in [2.45, 2.75) is 122 Å². The normalized spacial score (nSPS) is 15.3. The highest BCUT2D eigenvalue weighted by Gasteiger charge is 2.40. The number of unbranched alkanes of at least 4 members (excludes halogenated alkanes) is 6. The number of aliphatic carboxylic acids is 1. The van der Waals surface area contributed by atoms with Crippen LogP contribution in [0.25, 0.3) is 0 Å². The van der Waals surface area contributed by atoms with Gasteiger partial charge in [0.2, 0.25) is 0 Å². The van der Waals surface area contributed by atoms with Crippen LogP contribution in [0.15, 0.2) is 24.3 Å². The van der Waals surface area contributed by atoms with Crippen LogP contribution in [-0.2, 0) is 9.22 Å². The number of aliphatic hydroxyl groups excluding tert-OH is 1. The van der Waals surface area contributed by atoms with Gasteiger partial charge in [0.25, 0.3) is 0 Å². The van der Waals surface area contributed by atoms with Crippen LogP contribution in [0.5, 0.6) is 0 Å². The zero-order valence-corrected chi connectivity index (χ0v) is 20.7. The Morgan fingerprint density at radius 3 is 2.21 bits per heavy atom. The number of carboxylic acids is 1. The van der Waals surface area contributed by atoms with E-state index in [-0.39, 0.29) is 11.1 Å². The van der Waals surface area contributed by atoms with Gasteiger partial charge in [0.15, 0.2) is 8.32 Å². The molecule has 0 radical (unpaired) electrons. The van der Waals surface area contributed by atoms with E-state index >= 15 is 0 Å². The summed E-state index contributed by atoms with van der Waals surface area (Å²) < 4.78 is 6.59. The summed E-state index contributed by atoms with van der Waals surface area (Å²) in [7, 11) is -1.94. The highest BCUT2D eigenvalue weighted by molar-refractivity contribution is 6.74. The number of hydrogen-bond donors (Lipinski definition) is 2. The number of carbonyl (C=O) groups is 1. The summed E-state index contributed by atoms with van der Waals surface area (Å²) in [6, 6.07) is 0. The van der Waals surface area contributed by atoms with Crippen LogP contribution in [0.4, 0.5) is 0 Å². The smallest absolute Gasteiger partial charge is 0.328 e. The molecule has 0 heterocycles. The van der Waals surface area contributed by atoms with Crippen LogP contribution < -0.4 is 0 Å². The van der Waals surface area contributed by atoms with E-state index in [4.69, 9.17) is 9.53 Å². The topological polar surface area (TPSA) is 66.8 Å². The number of allylic oxidation sites excluding steroid dienone is 3. The van der Waals surface area contributed by atoms with Crippen LogP contribution in [0.1, 0.15) is 91.9 Å². The Labute approximate surface area is 180 Å². The summed E-state index contributed by atoms with van der Waals surface area (Å²) in [6.45, 7) is 13.4. The minimum absolute atomic E-state index is 0.116. The molecule has 0 spiro atoms. The van der Waals surface area contributed by atoms with Crippen molar-refractivity contribution in [2.24, 2.45) is 0 Å². The van der Waals surface area contributed by atoms with Crippen LogP contribution in [0, 0.1) is 0 Å². The Kier molecular flexibility index (Phi) is 14.5. The Morgan fingerprint density at radius 1 is 1.00 bits per heavy atom. The maximum atomic E-state index is 10.8. The molecular weight excluding hydrogens is 380 g/mol. The van der Waals surface area contributed by atoms with Crippen molar-refractivity contribution in [3.63, 3.8) is 0 Å². The molecule has 0 saturated heterocycles. The van der Waals surface area contributed by atoms with E-state index < -0.39 is 20.4 Å². The predicted molar refractivity (Wildman–Crippen MR) is 126 cm³/mol. The second-order valence-corrected chi connectivity index (χ2v) is 14.4. The van der Waals surface area contributed by atoms with Gasteiger partial charge in [0.05, 0.1) is 12.2 Å². The largest absolute Gasteiger partial charge is 0.478 e. The van der Waals surface area contributed by atoms with Gasteiger partial charge < -0.3 is 14.6 Å². The molecule has 0 fully saturated rings. The first-order chi connectivity index (χ1) is 13.5. The van der Waals surface area contributed by atoms with Crippen LogP contribution in [-0.4, -0.2) is 36.7 Å². The Balaban J connectivity index is 4.65. The Hall–Kier alpha value is -0.913. The minimum Gasteiger partial charge on any atom is -0.478 e. The molecule has 5 heteroatoms. The SMILES string of the molecule is CCCCCCCCC(O)C(CCCC=CC=CC(=O)O)O[Si](C)(C)C(C)(C)C. The van der Waals surface area contributed by atoms with Gasteiger partial charge in [0.1, 0.15) is 0 Å². The number of aliphatic hydroxyl groups is 1.